The molecule has 0 atom stereocenters. The largest absolute Gasteiger partial charge is 4.00 e. The van der Waals surface area contributed by atoms with Crippen LogP contribution in [0, 0.1) is 0 Å². The maximum absolute atomic E-state index is 8.89. The average molecular weight is 284 g/mol. The van der Waals surface area contributed by atoms with Crippen molar-refractivity contribution >= 4 is 23.9 Å². The molecule has 0 aromatic rings. The molecule has 0 aromatic heterocycles. The van der Waals surface area contributed by atoms with Gasteiger partial charge >= 0.3 is 21.7 Å². The predicted octanol–water partition coefficient (Wildman–Crippen LogP) is -4.98. The van der Waals surface area contributed by atoms with Crippen LogP contribution < -0.4 is 20.4 Å². The van der Waals surface area contributed by atoms with E-state index in [1.807, 2.05) is 0 Å². The minimum atomic E-state index is -1.08. The van der Waals surface area contributed by atoms with Crippen LogP contribution in [0.1, 0.15) is 27.7 Å². The minimum absolute atomic E-state index is 0. The first-order chi connectivity index (χ1) is 6.93. The van der Waals surface area contributed by atoms with E-state index in [0.29, 0.717) is 0 Å². The molecule has 96 valence electrons. The second kappa shape index (κ2) is 24.0. The zero-order valence-electron chi connectivity index (χ0n) is 9.77. The Bertz CT molecular complexity index is 162. The van der Waals surface area contributed by atoms with Crippen LogP contribution in [-0.2, 0) is 40.9 Å². The van der Waals surface area contributed by atoms with Gasteiger partial charge < -0.3 is 39.6 Å². The monoisotopic (exact) mass is 284 g/mol. The summed E-state index contributed by atoms with van der Waals surface area (Å²) in [7, 11) is 0. The summed E-state index contributed by atoms with van der Waals surface area (Å²) in [6, 6.07) is 0. The van der Waals surface area contributed by atoms with Crippen molar-refractivity contribution < 1.29 is 61.3 Å². The second-order valence-corrected chi connectivity index (χ2v) is 1.97. The first kappa shape index (κ1) is 29.6. The van der Waals surface area contributed by atoms with Crippen LogP contribution >= 0.6 is 0 Å². The van der Waals surface area contributed by atoms with Crippen LogP contribution in [0.25, 0.3) is 0 Å². The van der Waals surface area contributed by atoms with Crippen molar-refractivity contribution in [2.75, 3.05) is 0 Å². The van der Waals surface area contributed by atoms with Crippen molar-refractivity contribution in [3.05, 3.63) is 0 Å². The number of hydrogen-bond acceptors (Lipinski definition) is 8. The molecule has 0 radical (unpaired) electrons. The van der Waals surface area contributed by atoms with E-state index < -0.39 is 23.9 Å². The van der Waals surface area contributed by atoms with E-state index in [1.54, 1.807) is 0 Å². The molecule has 0 aliphatic carbocycles. The summed E-state index contributed by atoms with van der Waals surface area (Å²) >= 11 is 0. The summed E-state index contributed by atoms with van der Waals surface area (Å²) in [6.07, 6.45) is 0. The van der Waals surface area contributed by atoms with Crippen molar-refractivity contribution in [3.63, 3.8) is 0 Å². The molecule has 0 amide bonds. The topological polar surface area (TPSA) is 161 Å². The molecule has 0 heterocycles. The molecule has 0 fully saturated rings. The van der Waals surface area contributed by atoms with Gasteiger partial charge in [0.25, 0.3) is 0 Å². The summed E-state index contributed by atoms with van der Waals surface area (Å²) in [4.78, 5) is 35.6. The van der Waals surface area contributed by atoms with E-state index in [1.165, 1.54) is 0 Å². The zero-order valence-corrected chi connectivity index (χ0v) is 11.3. The van der Waals surface area contributed by atoms with Crippen LogP contribution in [0.2, 0.25) is 0 Å². The van der Waals surface area contributed by atoms with Crippen LogP contribution in [0.15, 0.2) is 0 Å². The molecule has 0 rings (SSSR count). The van der Waals surface area contributed by atoms with Crippen LogP contribution in [0.5, 0.6) is 0 Å². The van der Waals surface area contributed by atoms with E-state index >= 15 is 0 Å². The van der Waals surface area contributed by atoms with Gasteiger partial charge in [-0.15, -0.1) is 0 Å². The van der Waals surface area contributed by atoms with E-state index in [2.05, 4.69) is 0 Å². The number of carboxylic acid groups (broad SMARTS) is 4. The molecule has 0 unspecified atom stereocenters. The molecule has 0 aromatic carbocycles. The molecule has 17 heavy (non-hydrogen) atoms. The number of carbonyl (C=O) groups is 4. The van der Waals surface area contributed by atoms with Crippen molar-refractivity contribution in [1.29, 1.82) is 0 Å². The summed E-state index contributed by atoms with van der Waals surface area (Å²) < 4.78 is 0. The first-order valence-electron chi connectivity index (χ1n) is 3.63. The van der Waals surface area contributed by atoms with Gasteiger partial charge in [0, 0.05) is 23.9 Å². The smallest absolute Gasteiger partial charge is 0.550 e. The van der Waals surface area contributed by atoms with Gasteiger partial charge in [-0.3, -0.25) is 0 Å². The summed E-state index contributed by atoms with van der Waals surface area (Å²) in [6.45, 7) is 3.89. The van der Waals surface area contributed by atoms with Crippen LogP contribution in [-0.4, -0.2) is 23.9 Å². The molecule has 0 saturated heterocycles. The number of aliphatic carboxylic acids is 4. The predicted molar refractivity (Wildman–Crippen MR) is 42.7 cm³/mol. The molecule has 0 spiro atoms. The van der Waals surface area contributed by atoms with E-state index in [9.17, 15) is 0 Å². The third-order valence-electron chi connectivity index (χ3n) is 0. The van der Waals surface area contributed by atoms with Gasteiger partial charge in [0.05, 0.1) is 0 Å². The standard InChI is InChI=1S/4C2H4O2.Ti/c4*1-2(3)4;/h4*1H3,(H,3,4);/q;;;;+4/p-4. The van der Waals surface area contributed by atoms with Gasteiger partial charge in [0.1, 0.15) is 0 Å². The van der Waals surface area contributed by atoms with Gasteiger partial charge in [0.15, 0.2) is 0 Å². The Morgan fingerprint density at radius 2 is 0.529 bits per heavy atom. The Morgan fingerprint density at radius 3 is 0.529 bits per heavy atom. The zero-order chi connectivity index (χ0) is 14.3. The molecule has 8 nitrogen and oxygen atoms in total. The Hall–Kier alpha value is -1.41. The quantitative estimate of drug-likeness (QED) is 0.399. The van der Waals surface area contributed by atoms with Crippen LogP contribution in [0.3, 0.4) is 0 Å². The normalized spacial score (nSPS) is 5.88. The third kappa shape index (κ3) is 1170. The van der Waals surface area contributed by atoms with E-state index in [4.69, 9.17) is 39.6 Å². The van der Waals surface area contributed by atoms with Gasteiger partial charge in [-0.1, -0.05) is 0 Å². The van der Waals surface area contributed by atoms with E-state index in [0.717, 1.165) is 27.7 Å². The van der Waals surface area contributed by atoms with Crippen molar-refractivity contribution in [2.24, 2.45) is 0 Å². The van der Waals surface area contributed by atoms with Gasteiger partial charge in [-0.05, 0) is 27.7 Å². The average Bonchev–Trinajstić information content (AvgIpc) is 1.76. The Balaban J connectivity index is -0.0000000369. The molecule has 0 N–H and O–H groups in total. The number of carbonyl (C=O) groups excluding carboxylic acids is 4. The van der Waals surface area contributed by atoms with Crippen LogP contribution in [0.4, 0.5) is 0 Å². The fourth-order valence-electron chi connectivity index (χ4n) is 0. The number of carboxylic acids is 4. The van der Waals surface area contributed by atoms with Gasteiger partial charge in [-0.25, -0.2) is 0 Å². The Labute approximate surface area is 113 Å². The minimum Gasteiger partial charge on any atom is -0.550 e. The fraction of sp³-hybridized carbons (Fsp3) is 0.500. The molecule has 0 aliphatic heterocycles. The first-order valence-corrected chi connectivity index (χ1v) is 3.63. The fourth-order valence-corrected chi connectivity index (χ4v) is 0. The maximum atomic E-state index is 8.89. The van der Waals surface area contributed by atoms with Crippen molar-refractivity contribution in [2.45, 2.75) is 27.7 Å². The molecular weight excluding hydrogens is 272 g/mol. The molecule has 0 bridgehead atoms. The molecule has 9 heteroatoms. The van der Waals surface area contributed by atoms with E-state index in [-0.39, 0.29) is 21.7 Å². The number of hydrogen-bond donors (Lipinski definition) is 0. The van der Waals surface area contributed by atoms with Crippen molar-refractivity contribution in [3.8, 4) is 0 Å². The number of rotatable bonds is 0. The molecule has 0 aliphatic rings. The van der Waals surface area contributed by atoms with Gasteiger partial charge in [0.2, 0.25) is 0 Å². The second-order valence-electron chi connectivity index (χ2n) is 1.97. The summed E-state index contributed by atoms with van der Waals surface area (Å²) in [5.41, 5.74) is 0. The SMILES string of the molecule is CC(=O)[O-].CC(=O)[O-].CC(=O)[O-].CC(=O)[O-].[Ti+4]. The summed E-state index contributed by atoms with van der Waals surface area (Å²) in [5.74, 6) is -4.33. The molecule has 0 saturated carbocycles. The van der Waals surface area contributed by atoms with Gasteiger partial charge in [-0.2, -0.15) is 0 Å². The molecular formula is C8H12O8Ti. The maximum Gasteiger partial charge on any atom is 4.00 e. The summed E-state index contributed by atoms with van der Waals surface area (Å²) in [5, 5.41) is 35.6. The third-order valence-corrected chi connectivity index (χ3v) is 0. The Morgan fingerprint density at radius 1 is 0.529 bits per heavy atom. The Kier molecular flexibility index (Phi) is 41.8. The van der Waals surface area contributed by atoms with Crippen molar-refractivity contribution in [1.82, 2.24) is 0 Å².